The Balaban J connectivity index is 1.58. The highest BCUT2D eigenvalue weighted by Gasteiger charge is 2.32. The molecule has 0 spiro atoms. The quantitative estimate of drug-likeness (QED) is 0.678. The van der Waals surface area contributed by atoms with E-state index in [1.807, 2.05) is 0 Å². The molecule has 0 aliphatic carbocycles. The molecule has 4 rings (SSSR count). The minimum absolute atomic E-state index is 0.382. The van der Waals surface area contributed by atoms with Gasteiger partial charge in [-0.15, -0.1) is 0 Å². The summed E-state index contributed by atoms with van der Waals surface area (Å²) >= 11 is 0. The summed E-state index contributed by atoms with van der Waals surface area (Å²) < 4.78 is 0. The molecule has 0 saturated heterocycles. The van der Waals surface area contributed by atoms with Crippen LogP contribution in [0.2, 0.25) is 0 Å². The van der Waals surface area contributed by atoms with Crippen molar-refractivity contribution >= 4 is 0 Å². The van der Waals surface area contributed by atoms with E-state index in [0.717, 1.165) is 39.3 Å². The molecule has 0 radical (unpaired) electrons. The summed E-state index contributed by atoms with van der Waals surface area (Å²) in [5.74, 6) is 0. The molecule has 2 unspecified atom stereocenters. The maximum Gasteiger partial charge on any atom is 0.0683 e. The first-order valence-corrected chi connectivity index (χ1v) is 10.2. The number of hydrogen-bond donors (Lipinski definition) is 0. The van der Waals surface area contributed by atoms with Crippen LogP contribution in [0.4, 0.5) is 0 Å². The van der Waals surface area contributed by atoms with Crippen LogP contribution in [0.5, 0.6) is 0 Å². The van der Waals surface area contributed by atoms with Crippen LogP contribution in [0.3, 0.4) is 0 Å². The first-order valence-electron chi connectivity index (χ1n) is 10.2. The SMILES string of the molecule is C1=CCN(CC(C(CN2C=CC=CC2)N2C=CC=CC2)N2C=CC=CC2)C=C1. The van der Waals surface area contributed by atoms with Crippen LogP contribution in [-0.4, -0.2) is 71.0 Å². The summed E-state index contributed by atoms with van der Waals surface area (Å²) in [6.45, 7) is 5.91. The monoisotopic (exact) mass is 374 g/mol. The van der Waals surface area contributed by atoms with Crippen molar-refractivity contribution in [2.75, 3.05) is 39.3 Å². The molecular weight excluding hydrogens is 344 g/mol. The lowest BCUT2D eigenvalue weighted by atomic mass is 10.0. The number of nitrogens with zero attached hydrogens (tertiary/aromatic N) is 4. The highest BCUT2D eigenvalue weighted by Crippen LogP contribution is 2.20. The van der Waals surface area contributed by atoms with Gasteiger partial charge in [-0.25, -0.2) is 0 Å². The first-order chi connectivity index (χ1) is 13.9. The van der Waals surface area contributed by atoms with Gasteiger partial charge in [0.05, 0.1) is 12.1 Å². The van der Waals surface area contributed by atoms with Gasteiger partial charge in [0.15, 0.2) is 0 Å². The standard InChI is InChI=1S/C24H30N4/c1-5-13-25(14-6-1)21-23(27-17-9-3-10-18-27)24(28-19-11-4-12-20-28)22-26-15-7-2-8-16-26/h1-13,15,17,19,23-24H,14,16,18,20-22H2. The fourth-order valence-electron chi connectivity index (χ4n) is 4.12. The summed E-state index contributed by atoms with van der Waals surface area (Å²) in [6.07, 6.45) is 35.1. The molecule has 4 aliphatic heterocycles. The van der Waals surface area contributed by atoms with E-state index in [4.69, 9.17) is 0 Å². The molecular formula is C24H30N4. The van der Waals surface area contributed by atoms with E-state index in [-0.39, 0.29) is 0 Å². The molecule has 146 valence electrons. The molecule has 0 fully saturated rings. The van der Waals surface area contributed by atoms with Gasteiger partial charge in [0.1, 0.15) is 0 Å². The van der Waals surface area contributed by atoms with E-state index in [0.29, 0.717) is 12.1 Å². The summed E-state index contributed by atoms with van der Waals surface area (Å²) in [6, 6.07) is 0.764. The topological polar surface area (TPSA) is 13.0 Å². The van der Waals surface area contributed by atoms with Crippen LogP contribution >= 0.6 is 0 Å². The molecule has 0 bridgehead atoms. The van der Waals surface area contributed by atoms with Crippen LogP contribution in [-0.2, 0) is 0 Å². The fraction of sp³-hybridized carbons (Fsp3) is 0.333. The van der Waals surface area contributed by atoms with Crippen molar-refractivity contribution in [1.29, 1.82) is 0 Å². The zero-order chi connectivity index (χ0) is 19.0. The average molecular weight is 375 g/mol. The predicted molar refractivity (Wildman–Crippen MR) is 117 cm³/mol. The molecule has 28 heavy (non-hydrogen) atoms. The summed E-state index contributed by atoms with van der Waals surface area (Å²) in [5.41, 5.74) is 0. The lowest BCUT2D eigenvalue weighted by Gasteiger charge is -2.45. The predicted octanol–water partition coefficient (Wildman–Crippen LogP) is 3.27. The minimum Gasteiger partial charge on any atom is -0.372 e. The van der Waals surface area contributed by atoms with Crippen LogP contribution in [0.1, 0.15) is 0 Å². The molecule has 0 amide bonds. The van der Waals surface area contributed by atoms with Crippen LogP contribution in [0.25, 0.3) is 0 Å². The van der Waals surface area contributed by atoms with Crippen molar-refractivity contribution in [3.8, 4) is 0 Å². The first kappa shape index (κ1) is 18.5. The molecule has 0 aromatic heterocycles. The second kappa shape index (κ2) is 9.36. The van der Waals surface area contributed by atoms with Gasteiger partial charge in [0.25, 0.3) is 0 Å². The van der Waals surface area contributed by atoms with Gasteiger partial charge in [0, 0.05) is 39.3 Å². The van der Waals surface area contributed by atoms with E-state index in [1.165, 1.54) is 0 Å². The van der Waals surface area contributed by atoms with Crippen molar-refractivity contribution in [2.45, 2.75) is 12.1 Å². The Morgan fingerprint density at radius 2 is 0.857 bits per heavy atom. The summed E-state index contributed by atoms with van der Waals surface area (Å²) in [4.78, 5) is 9.87. The molecule has 4 nitrogen and oxygen atoms in total. The largest absolute Gasteiger partial charge is 0.372 e. The maximum absolute atomic E-state index is 2.51. The van der Waals surface area contributed by atoms with Gasteiger partial charge < -0.3 is 19.6 Å². The van der Waals surface area contributed by atoms with Crippen molar-refractivity contribution in [1.82, 2.24) is 19.6 Å². The molecule has 4 heterocycles. The smallest absolute Gasteiger partial charge is 0.0683 e. The van der Waals surface area contributed by atoms with E-state index in [1.54, 1.807) is 0 Å². The Morgan fingerprint density at radius 3 is 1.18 bits per heavy atom. The molecule has 4 heteroatoms. The average Bonchev–Trinajstić information content (AvgIpc) is 2.79. The van der Waals surface area contributed by atoms with Crippen molar-refractivity contribution in [3.05, 3.63) is 97.7 Å². The Bertz CT molecular complexity index is 689. The van der Waals surface area contributed by atoms with Crippen LogP contribution in [0.15, 0.2) is 97.7 Å². The van der Waals surface area contributed by atoms with Crippen molar-refractivity contribution < 1.29 is 0 Å². The Labute approximate surface area is 169 Å². The third kappa shape index (κ3) is 4.69. The van der Waals surface area contributed by atoms with Gasteiger partial charge in [0.2, 0.25) is 0 Å². The highest BCUT2D eigenvalue weighted by molar-refractivity contribution is 5.17. The zero-order valence-corrected chi connectivity index (χ0v) is 16.4. The van der Waals surface area contributed by atoms with Gasteiger partial charge in [-0.3, -0.25) is 0 Å². The van der Waals surface area contributed by atoms with E-state index in [2.05, 4.69) is 117 Å². The van der Waals surface area contributed by atoms with Gasteiger partial charge in [-0.05, 0) is 49.1 Å². The lowest BCUT2D eigenvalue weighted by molar-refractivity contribution is 0.110. The molecule has 4 aliphatic rings. The normalized spacial score (nSPS) is 22.4. The van der Waals surface area contributed by atoms with Gasteiger partial charge >= 0.3 is 0 Å². The summed E-state index contributed by atoms with van der Waals surface area (Å²) in [7, 11) is 0. The minimum atomic E-state index is 0.382. The van der Waals surface area contributed by atoms with Gasteiger partial charge in [-0.1, -0.05) is 48.6 Å². The number of allylic oxidation sites excluding steroid dienone is 8. The number of hydrogen-bond acceptors (Lipinski definition) is 4. The second-order valence-electron chi connectivity index (χ2n) is 7.51. The van der Waals surface area contributed by atoms with Gasteiger partial charge in [-0.2, -0.15) is 0 Å². The Morgan fingerprint density at radius 1 is 0.464 bits per heavy atom. The molecule has 0 aromatic carbocycles. The molecule has 0 saturated carbocycles. The third-order valence-electron chi connectivity index (χ3n) is 5.59. The van der Waals surface area contributed by atoms with Crippen molar-refractivity contribution in [2.24, 2.45) is 0 Å². The van der Waals surface area contributed by atoms with Crippen LogP contribution in [0, 0.1) is 0 Å². The van der Waals surface area contributed by atoms with Crippen LogP contribution < -0.4 is 0 Å². The summed E-state index contributed by atoms with van der Waals surface area (Å²) in [5, 5.41) is 0. The Hall–Kier alpha value is -2.88. The fourth-order valence-corrected chi connectivity index (χ4v) is 4.12. The Kier molecular flexibility index (Phi) is 6.18. The number of rotatable bonds is 7. The van der Waals surface area contributed by atoms with E-state index < -0.39 is 0 Å². The molecule has 0 aromatic rings. The third-order valence-corrected chi connectivity index (χ3v) is 5.59. The maximum atomic E-state index is 2.51. The molecule has 0 N–H and O–H groups in total. The van der Waals surface area contributed by atoms with E-state index in [9.17, 15) is 0 Å². The second-order valence-corrected chi connectivity index (χ2v) is 7.51. The highest BCUT2D eigenvalue weighted by atomic mass is 15.3. The molecule has 2 atom stereocenters. The zero-order valence-electron chi connectivity index (χ0n) is 16.4. The van der Waals surface area contributed by atoms with E-state index >= 15 is 0 Å². The lowest BCUT2D eigenvalue weighted by Crippen LogP contribution is -2.57. The van der Waals surface area contributed by atoms with Crippen molar-refractivity contribution in [3.63, 3.8) is 0 Å².